The van der Waals surface area contributed by atoms with Gasteiger partial charge >= 0.3 is 0 Å². The fourth-order valence-corrected chi connectivity index (χ4v) is 2.69. The van der Waals surface area contributed by atoms with Crippen molar-refractivity contribution in [3.8, 4) is 0 Å². The van der Waals surface area contributed by atoms with Crippen molar-refractivity contribution in [2.45, 2.75) is 25.2 Å². The van der Waals surface area contributed by atoms with Crippen LogP contribution in [0.4, 0.5) is 0 Å². The lowest BCUT2D eigenvalue weighted by Crippen LogP contribution is -2.38. The van der Waals surface area contributed by atoms with Crippen LogP contribution in [0.1, 0.15) is 12.8 Å². The van der Waals surface area contributed by atoms with Crippen LogP contribution < -0.4 is 0 Å². The minimum Gasteiger partial charge on any atom is -0.346 e. The van der Waals surface area contributed by atoms with Gasteiger partial charge in [-0.2, -0.15) is 0 Å². The van der Waals surface area contributed by atoms with Gasteiger partial charge in [-0.05, 0) is 30.3 Å². The van der Waals surface area contributed by atoms with E-state index in [0.717, 1.165) is 25.0 Å². The molecular formula is C11H14O2. The number of rotatable bonds is 0. The van der Waals surface area contributed by atoms with Crippen molar-refractivity contribution in [3.63, 3.8) is 0 Å². The maximum absolute atomic E-state index is 5.72. The number of allylic oxidation sites excluding steroid dienone is 2. The highest BCUT2D eigenvalue weighted by Gasteiger charge is 2.45. The molecule has 2 saturated heterocycles. The number of ether oxygens (including phenoxy) is 2. The molecule has 0 N–H and O–H groups in total. The van der Waals surface area contributed by atoms with Crippen LogP contribution >= 0.6 is 0 Å². The van der Waals surface area contributed by atoms with E-state index in [1.165, 1.54) is 0 Å². The molecule has 0 spiro atoms. The molecule has 70 valence electrons. The smallest absolute Gasteiger partial charge is 0.180 e. The standard InChI is InChI=1S/C11H14O2/c1-7-8-4-2-3-5-9(8)10-6-12-11(7)13-10/h2-3,8-11H,1,4-6H2/t8-,9-,10+,11+/m0/s1. The van der Waals surface area contributed by atoms with Crippen LogP contribution in [0, 0.1) is 11.8 Å². The summed E-state index contributed by atoms with van der Waals surface area (Å²) >= 11 is 0. The Morgan fingerprint density at radius 1 is 1.31 bits per heavy atom. The van der Waals surface area contributed by atoms with Gasteiger partial charge < -0.3 is 9.47 Å². The molecule has 2 nitrogen and oxygen atoms in total. The Bertz CT molecular complexity index is 269. The molecule has 1 aliphatic carbocycles. The predicted octanol–water partition coefficient (Wildman–Crippen LogP) is 1.88. The van der Waals surface area contributed by atoms with E-state index in [1.54, 1.807) is 0 Å². The first-order chi connectivity index (χ1) is 6.36. The van der Waals surface area contributed by atoms with E-state index in [1.807, 2.05) is 0 Å². The molecule has 4 atom stereocenters. The summed E-state index contributed by atoms with van der Waals surface area (Å²) in [6, 6.07) is 0. The van der Waals surface area contributed by atoms with E-state index in [2.05, 4.69) is 18.7 Å². The van der Waals surface area contributed by atoms with Crippen molar-refractivity contribution in [3.05, 3.63) is 24.3 Å². The SMILES string of the molecule is C=C1[C@@H]2OC[C@@H](O2)[C@H]2CC=CC[C@@H]12. The zero-order valence-electron chi connectivity index (χ0n) is 7.61. The van der Waals surface area contributed by atoms with Gasteiger partial charge in [0.2, 0.25) is 0 Å². The Morgan fingerprint density at radius 3 is 3.08 bits per heavy atom. The van der Waals surface area contributed by atoms with Gasteiger partial charge in [-0.25, -0.2) is 0 Å². The first-order valence-corrected chi connectivity index (χ1v) is 4.97. The van der Waals surface area contributed by atoms with Crippen LogP contribution in [0.25, 0.3) is 0 Å². The Hall–Kier alpha value is -0.600. The number of fused-ring (bicyclic) bond motifs is 4. The van der Waals surface area contributed by atoms with Gasteiger partial charge in [-0.3, -0.25) is 0 Å². The van der Waals surface area contributed by atoms with Crippen LogP contribution in [-0.4, -0.2) is 19.0 Å². The highest BCUT2D eigenvalue weighted by molar-refractivity contribution is 5.17. The zero-order chi connectivity index (χ0) is 8.84. The summed E-state index contributed by atoms with van der Waals surface area (Å²) in [6.45, 7) is 4.86. The molecular weight excluding hydrogens is 164 g/mol. The van der Waals surface area contributed by atoms with Crippen molar-refractivity contribution in [1.82, 2.24) is 0 Å². The second-order valence-corrected chi connectivity index (χ2v) is 4.13. The van der Waals surface area contributed by atoms with E-state index in [9.17, 15) is 0 Å². The Labute approximate surface area is 78.2 Å². The summed E-state index contributed by atoms with van der Waals surface area (Å²) in [7, 11) is 0. The predicted molar refractivity (Wildman–Crippen MR) is 49.1 cm³/mol. The van der Waals surface area contributed by atoms with E-state index in [4.69, 9.17) is 9.47 Å². The van der Waals surface area contributed by atoms with Crippen LogP contribution in [0.15, 0.2) is 24.3 Å². The molecule has 0 unspecified atom stereocenters. The monoisotopic (exact) mass is 178 g/mol. The minimum atomic E-state index is -0.0993. The maximum atomic E-state index is 5.72. The average molecular weight is 178 g/mol. The zero-order valence-corrected chi connectivity index (χ0v) is 7.61. The molecule has 0 aromatic rings. The molecule has 13 heavy (non-hydrogen) atoms. The van der Waals surface area contributed by atoms with E-state index in [0.29, 0.717) is 17.9 Å². The van der Waals surface area contributed by atoms with Gasteiger partial charge in [0.05, 0.1) is 12.7 Å². The molecule has 2 fully saturated rings. The van der Waals surface area contributed by atoms with E-state index in [-0.39, 0.29) is 6.29 Å². The molecule has 0 saturated carbocycles. The summed E-state index contributed by atoms with van der Waals surface area (Å²) in [5.41, 5.74) is 1.16. The topological polar surface area (TPSA) is 18.5 Å². The lowest BCUT2D eigenvalue weighted by atomic mass is 9.75. The van der Waals surface area contributed by atoms with Crippen molar-refractivity contribution >= 4 is 0 Å². The molecule has 2 bridgehead atoms. The van der Waals surface area contributed by atoms with Crippen LogP contribution in [0.3, 0.4) is 0 Å². The minimum absolute atomic E-state index is 0.0993. The average Bonchev–Trinajstić information content (AvgIpc) is 2.61. The van der Waals surface area contributed by atoms with Gasteiger partial charge in [0.25, 0.3) is 0 Å². The molecule has 0 radical (unpaired) electrons. The second-order valence-electron chi connectivity index (χ2n) is 4.13. The molecule has 3 aliphatic rings. The maximum Gasteiger partial charge on any atom is 0.180 e. The highest BCUT2D eigenvalue weighted by atomic mass is 16.7. The Balaban J connectivity index is 1.94. The molecule has 0 amide bonds. The summed E-state index contributed by atoms with van der Waals surface area (Å²) in [5.74, 6) is 1.23. The first kappa shape index (κ1) is 7.77. The molecule has 0 aromatic heterocycles. The van der Waals surface area contributed by atoms with Gasteiger partial charge in [0.1, 0.15) is 0 Å². The quantitative estimate of drug-likeness (QED) is 0.527. The van der Waals surface area contributed by atoms with Crippen molar-refractivity contribution < 1.29 is 9.47 Å². The molecule has 2 heteroatoms. The van der Waals surface area contributed by atoms with Crippen LogP contribution in [-0.2, 0) is 9.47 Å². The van der Waals surface area contributed by atoms with Gasteiger partial charge in [-0.1, -0.05) is 18.7 Å². The normalized spacial score (nSPS) is 47.8. The second kappa shape index (κ2) is 2.69. The largest absolute Gasteiger partial charge is 0.346 e. The van der Waals surface area contributed by atoms with Crippen LogP contribution in [0.2, 0.25) is 0 Å². The third-order valence-corrected chi connectivity index (χ3v) is 3.45. The lowest BCUT2D eigenvalue weighted by Gasteiger charge is -2.37. The Morgan fingerprint density at radius 2 is 2.15 bits per heavy atom. The summed E-state index contributed by atoms with van der Waals surface area (Å²) in [5, 5.41) is 0. The molecule has 0 aromatic carbocycles. The summed E-state index contributed by atoms with van der Waals surface area (Å²) < 4.78 is 11.3. The lowest BCUT2D eigenvalue weighted by molar-refractivity contribution is -0.0781. The van der Waals surface area contributed by atoms with Gasteiger partial charge in [0, 0.05) is 0 Å². The first-order valence-electron chi connectivity index (χ1n) is 4.97. The van der Waals surface area contributed by atoms with Crippen LogP contribution in [0.5, 0.6) is 0 Å². The van der Waals surface area contributed by atoms with E-state index >= 15 is 0 Å². The third-order valence-electron chi connectivity index (χ3n) is 3.45. The van der Waals surface area contributed by atoms with Crippen molar-refractivity contribution in [2.75, 3.05) is 6.61 Å². The molecule has 2 heterocycles. The Kier molecular flexibility index (Phi) is 1.61. The molecule has 3 rings (SSSR count). The van der Waals surface area contributed by atoms with Gasteiger partial charge in [0.15, 0.2) is 6.29 Å². The summed E-state index contributed by atoms with van der Waals surface area (Å²) in [4.78, 5) is 0. The molecule has 2 aliphatic heterocycles. The fourth-order valence-electron chi connectivity index (χ4n) is 2.69. The van der Waals surface area contributed by atoms with Crippen molar-refractivity contribution in [1.29, 1.82) is 0 Å². The highest BCUT2D eigenvalue weighted by Crippen LogP contribution is 2.44. The van der Waals surface area contributed by atoms with E-state index < -0.39 is 0 Å². The third kappa shape index (κ3) is 1.02. The fraction of sp³-hybridized carbons (Fsp3) is 0.636. The van der Waals surface area contributed by atoms with Crippen molar-refractivity contribution in [2.24, 2.45) is 11.8 Å². The number of hydrogen-bond acceptors (Lipinski definition) is 2. The number of hydrogen-bond donors (Lipinski definition) is 0. The van der Waals surface area contributed by atoms with Gasteiger partial charge in [-0.15, -0.1) is 0 Å². The summed E-state index contributed by atoms with van der Waals surface area (Å²) in [6.07, 6.45) is 7.00.